The van der Waals surface area contributed by atoms with Crippen LogP contribution in [0.5, 0.6) is 0 Å². The van der Waals surface area contributed by atoms with Crippen molar-refractivity contribution in [1.82, 2.24) is 0 Å². The van der Waals surface area contributed by atoms with Crippen LogP contribution in [0.25, 0.3) is 0 Å². The zero-order valence-corrected chi connectivity index (χ0v) is 7.05. The van der Waals surface area contributed by atoms with Gasteiger partial charge in [0.2, 0.25) is 0 Å². The summed E-state index contributed by atoms with van der Waals surface area (Å²) >= 11 is 0. The van der Waals surface area contributed by atoms with Crippen molar-refractivity contribution in [2.24, 2.45) is 11.7 Å². The molecule has 2 N–H and O–H groups in total. The summed E-state index contributed by atoms with van der Waals surface area (Å²) in [6.45, 7) is 5.91. The van der Waals surface area contributed by atoms with E-state index in [9.17, 15) is 4.79 Å². The summed E-state index contributed by atoms with van der Waals surface area (Å²) in [5.74, 6) is 0.502. The van der Waals surface area contributed by atoms with Crippen LogP contribution < -0.4 is 5.73 Å². The Morgan fingerprint density at radius 1 is 1.50 bits per heavy atom. The Balaban J connectivity index is 3.81. The summed E-state index contributed by atoms with van der Waals surface area (Å²) < 4.78 is 0. The van der Waals surface area contributed by atoms with E-state index in [-0.39, 0.29) is 11.8 Å². The van der Waals surface area contributed by atoms with E-state index in [1.54, 1.807) is 0 Å². The molecule has 0 fully saturated rings. The lowest BCUT2D eigenvalue weighted by Gasteiger charge is -2.15. The third kappa shape index (κ3) is 2.48. The molecule has 0 aromatic rings. The summed E-state index contributed by atoms with van der Waals surface area (Å²) in [7, 11) is 0. The van der Waals surface area contributed by atoms with Crippen LogP contribution in [-0.2, 0) is 4.79 Å². The zero-order valence-electron chi connectivity index (χ0n) is 7.05. The summed E-state index contributed by atoms with van der Waals surface area (Å²) in [6, 6.07) is -0.241. The maximum absolute atomic E-state index is 11.0. The van der Waals surface area contributed by atoms with Crippen molar-refractivity contribution >= 4 is 5.78 Å². The van der Waals surface area contributed by atoms with Gasteiger partial charge >= 0.3 is 0 Å². The number of nitrogens with two attached hydrogens (primary N) is 1. The van der Waals surface area contributed by atoms with Gasteiger partial charge in [0.25, 0.3) is 0 Å². The molecule has 0 aliphatic rings. The van der Waals surface area contributed by atoms with Gasteiger partial charge in [0, 0.05) is 6.42 Å². The second-order valence-corrected chi connectivity index (χ2v) is 2.73. The van der Waals surface area contributed by atoms with Crippen LogP contribution in [0.2, 0.25) is 0 Å². The minimum absolute atomic E-state index is 0.175. The van der Waals surface area contributed by atoms with Crippen LogP contribution >= 0.6 is 0 Å². The van der Waals surface area contributed by atoms with E-state index in [4.69, 9.17) is 5.73 Å². The molecule has 0 rings (SSSR count). The van der Waals surface area contributed by atoms with E-state index in [1.165, 1.54) is 0 Å². The third-order valence-electron chi connectivity index (χ3n) is 1.98. The van der Waals surface area contributed by atoms with Crippen LogP contribution in [0.1, 0.15) is 33.6 Å². The van der Waals surface area contributed by atoms with E-state index in [1.807, 2.05) is 20.8 Å². The van der Waals surface area contributed by atoms with Gasteiger partial charge in [0.1, 0.15) is 5.78 Å². The number of rotatable bonds is 4. The lowest BCUT2D eigenvalue weighted by molar-refractivity contribution is -0.121. The SMILES string of the molecule is CCC(=O)[C@H](N)C(C)CC. The van der Waals surface area contributed by atoms with Gasteiger partial charge in [-0.3, -0.25) is 4.79 Å². The van der Waals surface area contributed by atoms with E-state index < -0.39 is 0 Å². The lowest BCUT2D eigenvalue weighted by atomic mass is 9.95. The fourth-order valence-corrected chi connectivity index (χ4v) is 0.807. The first-order chi connectivity index (χ1) is 4.63. The Bertz CT molecular complexity index is 112. The average molecular weight is 143 g/mol. The zero-order chi connectivity index (χ0) is 8.15. The summed E-state index contributed by atoms with van der Waals surface area (Å²) in [5.41, 5.74) is 5.63. The number of carbonyl (C=O) groups is 1. The largest absolute Gasteiger partial charge is 0.321 e. The van der Waals surface area contributed by atoms with E-state index >= 15 is 0 Å². The Labute approximate surface area is 62.8 Å². The van der Waals surface area contributed by atoms with E-state index in [2.05, 4.69) is 0 Å². The standard InChI is InChI=1S/C8H17NO/c1-4-6(3)8(9)7(10)5-2/h6,8H,4-5,9H2,1-3H3/t6?,8-/m1/s1. The molecule has 0 radical (unpaired) electrons. The Kier molecular flexibility index (Phi) is 4.28. The quantitative estimate of drug-likeness (QED) is 0.645. The maximum atomic E-state index is 11.0. The molecule has 2 heteroatoms. The summed E-state index contributed by atoms with van der Waals surface area (Å²) in [5, 5.41) is 0. The monoisotopic (exact) mass is 143 g/mol. The molecule has 0 amide bonds. The Morgan fingerprint density at radius 2 is 2.00 bits per heavy atom. The Morgan fingerprint density at radius 3 is 2.30 bits per heavy atom. The minimum Gasteiger partial charge on any atom is -0.321 e. The molecule has 0 aromatic heterocycles. The highest BCUT2D eigenvalue weighted by Crippen LogP contribution is 2.06. The molecule has 0 aliphatic heterocycles. The molecule has 10 heavy (non-hydrogen) atoms. The van der Waals surface area contributed by atoms with Crippen LogP contribution in [0.4, 0.5) is 0 Å². The van der Waals surface area contributed by atoms with Crippen molar-refractivity contribution in [2.75, 3.05) is 0 Å². The lowest BCUT2D eigenvalue weighted by Crippen LogP contribution is -2.35. The summed E-state index contributed by atoms with van der Waals surface area (Å²) in [4.78, 5) is 11.0. The molecule has 0 aliphatic carbocycles. The Hall–Kier alpha value is -0.370. The van der Waals surface area contributed by atoms with Gasteiger partial charge in [0.15, 0.2) is 0 Å². The molecule has 0 saturated carbocycles. The number of carbonyl (C=O) groups excluding carboxylic acids is 1. The molecule has 0 aromatic carbocycles. The fourth-order valence-electron chi connectivity index (χ4n) is 0.807. The van der Waals surface area contributed by atoms with Gasteiger partial charge in [-0.15, -0.1) is 0 Å². The van der Waals surface area contributed by atoms with Gasteiger partial charge in [0.05, 0.1) is 6.04 Å². The average Bonchev–Trinajstić information content (AvgIpc) is 2.00. The number of ketones is 1. The summed E-state index contributed by atoms with van der Waals surface area (Å²) in [6.07, 6.45) is 1.54. The van der Waals surface area contributed by atoms with Gasteiger partial charge in [-0.1, -0.05) is 27.2 Å². The number of Topliss-reactive ketones (excluding diaryl/α,β-unsaturated/α-hetero) is 1. The van der Waals surface area contributed by atoms with Crippen molar-refractivity contribution in [1.29, 1.82) is 0 Å². The third-order valence-corrected chi connectivity index (χ3v) is 1.98. The van der Waals surface area contributed by atoms with Crippen LogP contribution in [-0.4, -0.2) is 11.8 Å². The molecule has 0 heterocycles. The highest BCUT2D eigenvalue weighted by Gasteiger charge is 2.16. The predicted octanol–water partition coefficient (Wildman–Crippen LogP) is 1.34. The smallest absolute Gasteiger partial charge is 0.149 e. The molecule has 60 valence electrons. The molecule has 0 bridgehead atoms. The van der Waals surface area contributed by atoms with Gasteiger partial charge < -0.3 is 5.73 Å². The van der Waals surface area contributed by atoms with Crippen molar-refractivity contribution in [3.8, 4) is 0 Å². The molecule has 1 unspecified atom stereocenters. The highest BCUT2D eigenvalue weighted by molar-refractivity contribution is 5.83. The molecule has 0 saturated heterocycles. The van der Waals surface area contributed by atoms with Crippen molar-refractivity contribution in [3.63, 3.8) is 0 Å². The van der Waals surface area contributed by atoms with Gasteiger partial charge in [-0.2, -0.15) is 0 Å². The van der Waals surface area contributed by atoms with Crippen LogP contribution in [0, 0.1) is 5.92 Å². The number of hydrogen-bond acceptors (Lipinski definition) is 2. The van der Waals surface area contributed by atoms with Crippen LogP contribution in [0.3, 0.4) is 0 Å². The van der Waals surface area contributed by atoms with Crippen molar-refractivity contribution < 1.29 is 4.79 Å². The topological polar surface area (TPSA) is 43.1 Å². The minimum atomic E-state index is -0.241. The second-order valence-electron chi connectivity index (χ2n) is 2.73. The molecule has 0 spiro atoms. The van der Waals surface area contributed by atoms with Gasteiger partial charge in [-0.25, -0.2) is 0 Å². The highest BCUT2D eigenvalue weighted by atomic mass is 16.1. The molecular weight excluding hydrogens is 126 g/mol. The molecule has 2 atom stereocenters. The predicted molar refractivity (Wildman–Crippen MR) is 42.7 cm³/mol. The van der Waals surface area contributed by atoms with Crippen LogP contribution in [0.15, 0.2) is 0 Å². The molecular formula is C8H17NO. The van der Waals surface area contributed by atoms with E-state index in [0.29, 0.717) is 12.3 Å². The van der Waals surface area contributed by atoms with Gasteiger partial charge in [-0.05, 0) is 5.92 Å². The first kappa shape index (κ1) is 9.63. The first-order valence-corrected chi connectivity index (χ1v) is 3.91. The van der Waals surface area contributed by atoms with Crippen molar-refractivity contribution in [3.05, 3.63) is 0 Å². The normalized spacial score (nSPS) is 16.4. The fraction of sp³-hybridized carbons (Fsp3) is 0.875. The first-order valence-electron chi connectivity index (χ1n) is 3.91. The number of hydrogen-bond donors (Lipinski definition) is 1. The second kappa shape index (κ2) is 4.45. The van der Waals surface area contributed by atoms with Crippen molar-refractivity contribution in [2.45, 2.75) is 39.7 Å². The van der Waals surface area contributed by atoms with E-state index in [0.717, 1.165) is 6.42 Å². The molecule has 2 nitrogen and oxygen atoms in total. The maximum Gasteiger partial charge on any atom is 0.149 e.